The Morgan fingerprint density at radius 2 is 1.50 bits per heavy atom. The van der Waals surface area contributed by atoms with E-state index in [0.717, 1.165) is 22.4 Å². The van der Waals surface area contributed by atoms with Gasteiger partial charge in [0.15, 0.2) is 0 Å². The van der Waals surface area contributed by atoms with Crippen LogP contribution in [0.25, 0.3) is 0 Å². The van der Waals surface area contributed by atoms with Crippen LogP contribution < -0.4 is 15.4 Å². The van der Waals surface area contributed by atoms with Crippen LogP contribution in [0.4, 0.5) is 0 Å². The highest BCUT2D eigenvalue weighted by Crippen LogP contribution is 2.25. The highest BCUT2D eigenvalue weighted by atomic mass is 32.2. The minimum absolute atomic E-state index is 0.132. The molecule has 0 aliphatic heterocycles. The van der Waals surface area contributed by atoms with Gasteiger partial charge in [0, 0.05) is 18.3 Å². The summed E-state index contributed by atoms with van der Waals surface area (Å²) in [4.78, 5) is 30.3. The van der Waals surface area contributed by atoms with Gasteiger partial charge in [-0.1, -0.05) is 90.6 Å². The molecule has 0 saturated heterocycles. The number of thioether (sulfide) groups is 1. The number of ether oxygens (including phenoxy) is 1. The average molecular weight is 498 g/mol. The Kier molecular flexibility index (Phi) is 8.72. The topological polar surface area (TPSA) is 80.3 Å². The zero-order chi connectivity index (χ0) is 25.2. The molecule has 1 heterocycles. The standard InChI is InChI=1S/C29H27N3O3S/c1-35-25-17-9-8-15-23(25)19-31-26(33)20-36-29-24(16-10-18-30-29)28(34)32-27(21-11-4-2-5-12-21)22-13-6-3-7-14-22/h2-18,27H,19-20H2,1H3,(H,31,33)(H,32,34). The lowest BCUT2D eigenvalue weighted by molar-refractivity contribution is -0.118. The first-order valence-corrected chi connectivity index (χ1v) is 12.5. The van der Waals surface area contributed by atoms with E-state index in [2.05, 4.69) is 15.6 Å². The van der Waals surface area contributed by atoms with Gasteiger partial charge in [0.05, 0.1) is 24.5 Å². The Morgan fingerprint density at radius 3 is 2.17 bits per heavy atom. The maximum atomic E-state index is 13.4. The van der Waals surface area contributed by atoms with Gasteiger partial charge >= 0.3 is 0 Å². The van der Waals surface area contributed by atoms with Crippen molar-refractivity contribution in [2.75, 3.05) is 12.9 Å². The lowest BCUT2D eigenvalue weighted by Crippen LogP contribution is -2.30. The van der Waals surface area contributed by atoms with E-state index in [1.54, 1.807) is 25.4 Å². The second kappa shape index (κ2) is 12.6. The van der Waals surface area contributed by atoms with E-state index in [1.807, 2.05) is 84.9 Å². The van der Waals surface area contributed by atoms with Crippen molar-refractivity contribution in [2.24, 2.45) is 0 Å². The molecule has 6 nitrogen and oxygen atoms in total. The van der Waals surface area contributed by atoms with Crippen molar-refractivity contribution in [1.82, 2.24) is 15.6 Å². The summed E-state index contributed by atoms with van der Waals surface area (Å²) in [5, 5.41) is 6.55. The van der Waals surface area contributed by atoms with Gasteiger partial charge in [0.25, 0.3) is 5.91 Å². The molecule has 7 heteroatoms. The molecule has 2 N–H and O–H groups in total. The van der Waals surface area contributed by atoms with Crippen molar-refractivity contribution in [3.8, 4) is 5.75 Å². The third kappa shape index (κ3) is 6.52. The second-order valence-electron chi connectivity index (χ2n) is 7.96. The predicted octanol–water partition coefficient (Wildman–Crippen LogP) is 5.02. The van der Waals surface area contributed by atoms with Crippen LogP contribution in [0.15, 0.2) is 108 Å². The van der Waals surface area contributed by atoms with Crippen LogP contribution in [0.2, 0.25) is 0 Å². The van der Waals surface area contributed by atoms with Crippen molar-refractivity contribution in [3.05, 3.63) is 126 Å². The number of aromatic nitrogens is 1. The van der Waals surface area contributed by atoms with Crippen LogP contribution in [-0.4, -0.2) is 29.7 Å². The lowest BCUT2D eigenvalue weighted by Gasteiger charge is -2.20. The normalized spacial score (nSPS) is 10.6. The fraction of sp³-hybridized carbons (Fsp3) is 0.138. The fourth-order valence-electron chi connectivity index (χ4n) is 3.77. The van der Waals surface area contributed by atoms with Crippen LogP contribution in [-0.2, 0) is 11.3 Å². The molecule has 36 heavy (non-hydrogen) atoms. The lowest BCUT2D eigenvalue weighted by atomic mass is 9.98. The van der Waals surface area contributed by atoms with Crippen molar-refractivity contribution in [3.63, 3.8) is 0 Å². The molecule has 1 aromatic heterocycles. The number of methoxy groups -OCH3 is 1. The monoisotopic (exact) mass is 497 g/mol. The van der Waals surface area contributed by atoms with E-state index in [0.29, 0.717) is 17.1 Å². The Labute approximate surface area is 215 Å². The maximum Gasteiger partial charge on any atom is 0.254 e. The van der Waals surface area contributed by atoms with E-state index in [-0.39, 0.29) is 23.6 Å². The summed E-state index contributed by atoms with van der Waals surface area (Å²) in [7, 11) is 1.60. The number of rotatable bonds is 10. The number of hydrogen-bond acceptors (Lipinski definition) is 5. The molecule has 0 aliphatic carbocycles. The smallest absolute Gasteiger partial charge is 0.254 e. The molecule has 0 unspecified atom stereocenters. The van der Waals surface area contributed by atoms with E-state index in [4.69, 9.17) is 4.74 Å². The molecular weight excluding hydrogens is 470 g/mol. The summed E-state index contributed by atoms with van der Waals surface area (Å²) in [6.45, 7) is 0.356. The Morgan fingerprint density at radius 1 is 0.861 bits per heavy atom. The number of amides is 2. The first-order chi connectivity index (χ1) is 17.7. The first-order valence-electron chi connectivity index (χ1n) is 11.5. The number of nitrogens with one attached hydrogen (secondary N) is 2. The summed E-state index contributed by atoms with van der Waals surface area (Å²) >= 11 is 1.23. The molecule has 0 bridgehead atoms. The van der Waals surface area contributed by atoms with Gasteiger partial charge in [0.1, 0.15) is 10.8 Å². The number of carbonyl (C=O) groups excluding carboxylic acids is 2. The van der Waals surface area contributed by atoms with Crippen molar-refractivity contribution in [1.29, 1.82) is 0 Å². The van der Waals surface area contributed by atoms with Crippen LogP contribution >= 0.6 is 11.8 Å². The second-order valence-corrected chi connectivity index (χ2v) is 8.93. The first kappa shape index (κ1) is 25.0. The predicted molar refractivity (Wildman–Crippen MR) is 142 cm³/mol. The van der Waals surface area contributed by atoms with E-state index >= 15 is 0 Å². The van der Waals surface area contributed by atoms with Gasteiger partial charge < -0.3 is 15.4 Å². The Hall–Kier alpha value is -4.10. The van der Waals surface area contributed by atoms with Gasteiger partial charge in [-0.3, -0.25) is 9.59 Å². The number of nitrogens with zero attached hydrogens (tertiary/aromatic N) is 1. The molecular formula is C29H27N3O3S. The summed E-state index contributed by atoms with van der Waals surface area (Å²) < 4.78 is 5.33. The minimum Gasteiger partial charge on any atom is -0.496 e. The van der Waals surface area contributed by atoms with Crippen LogP contribution in [0, 0.1) is 0 Å². The molecule has 4 aromatic rings. The van der Waals surface area contributed by atoms with Crippen LogP contribution in [0.1, 0.15) is 33.1 Å². The number of pyridine rings is 1. The fourth-order valence-corrected chi connectivity index (χ4v) is 4.59. The summed E-state index contributed by atoms with van der Waals surface area (Å²) in [6, 6.07) is 30.3. The molecule has 4 rings (SSSR count). The number of benzene rings is 3. The number of carbonyl (C=O) groups is 2. The summed E-state index contributed by atoms with van der Waals surface area (Å²) in [5.74, 6) is 0.445. The van der Waals surface area contributed by atoms with E-state index in [9.17, 15) is 9.59 Å². The number of hydrogen-bond donors (Lipinski definition) is 2. The van der Waals surface area contributed by atoms with Gasteiger partial charge in [-0.15, -0.1) is 0 Å². The molecule has 0 radical (unpaired) electrons. The molecule has 3 aromatic carbocycles. The molecule has 0 spiro atoms. The van der Waals surface area contributed by atoms with E-state index in [1.165, 1.54) is 11.8 Å². The Bertz CT molecular complexity index is 1260. The van der Waals surface area contributed by atoms with Crippen LogP contribution in [0.5, 0.6) is 5.75 Å². The highest BCUT2D eigenvalue weighted by molar-refractivity contribution is 8.00. The molecule has 182 valence electrons. The quantitative estimate of drug-likeness (QED) is 0.301. The average Bonchev–Trinajstić information content (AvgIpc) is 2.94. The zero-order valence-corrected chi connectivity index (χ0v) is 20.7. The highest BCUT2D eigenvalue weighted by Gasteiger charge is 2.20. The van der Waals surface area contributed by atoms with Crippen molar-refractivity contribution < 1.29 is 14.3 Å². The van der Waals surface area contributed by atoms with Crippen molar-refractivity contribution >= 4 is 23.6 Å². The Balaban J connectivity index is 1.43. The third-order valence-corrected chi connectivity index (χ3v) is 6.57. The van der Waals surface area contributed by atoms with Gasteiger partial charge in [-0.05, 0) is 29.3 Å². The van der Waals surface area contributed by atoms with Gasteiger partial charge in [-0.2, -0.15) is 0 Å². The van der Waals surface area contributed by atoms with Crippen molar-refractivity contribution in [2.45, 2.75) is 17.6 Å². The summed E-state index contributed by atoms with van der Waals surface area (Å²) in [6.07, 6.45) is 1.62. The molecule has 0 saturated carbocycles. The zero-order valence-electron chi connectivity index (χ0n) is 19.9. The third-order valence-electron chi connectivity index (χ3n) is 5.57. The number of para-hydroxylation sites is 1. The minimum atomic E-state index is -0.317. The molecule has 0 fully saturated rings. The van der Waals surface area contributed by atoms with Crippen LogP contribution in [0.3, 0.4) is 0 Å². The summed E-state index contributed by atoms with van der Waals surface area (Å²) in [5.41, 5.74) is 3.28. The van der Waals surface area contributed by atoms with Gasteiger partial charge in [0.2, 0.25) is 5.91 Å². The maximum absolute atomic E-state index is 13.4. The van der Waals surface area contributed by atoms with E-state index < -0.39 is 0 Å². The largest absolute Gasteiger partial charge is 0.496 e. The SMILES string of the molecule is COc1ccccc1CNC(=O)CSc1ncccc1C(=O)NC(c1ccccc1)c1ccccc1. The molecule has 0 atom stereocenters. The van der Waals surface area contributed by atoms with Gasteiger partial charge in [-0.25, -0.2) is 4.98 Å². The molecule has 2 amide bonds. The molecule has 0 aliphatic rings.